The van der Waals surface area contributed by atoms with Crippen molar-refractivity contribution in [2.45, 2.75) is 46.0 Å². The van der Waals surface area contributed by atoms with E-state index < -0.39 is 18.0 Å². The van der Waals surface area contributed by atoms with Crippen LogP contribution in [0.25, 0.3) is 0 Å². The van der Waals surface area contributed by atoms with Crippen molar-refractivity contribution >= 4 is 23.2 Å². The summed E-state index contributed by atoms with van der Waals surface area (Å²) in [4.78, 5) is 12.8. The predicted molar refractivity (Wildman–Crippen MR) is 103 cm³/mol. The zero-order chi connectivity index (χ0) is 20.1. The van der Waals surface area contributed by atoms with Crippen LogP contribution in [0.4, 0.5) is 14.5 Å². The van der Waals surface area contributed by atoms with Gasteiger partial charge in [-0.1, -0.05) is 51.4 Å². The number of carbonyl (C=O) groups is 1. The van der Waals surface area contributed by atoms with Crippen molar-refractivity contribution in [3.8, 4) is 0 Å². The number of halogens is 3. The first-order chi connectivity index (χ1) is 12.6. The number of rotatable bonds is 4. The lowest BCUT2D eigenvalue weighted by Gasteiger charge is -2.31. The zero-order valence-electron chi connectivity index (χ0n) is 16.1. The molecule has 0 saturated carbocycles. The van der Waals surface area contributed by atoms with E-state index in [2.05, 4.69) is 44.2 Å². The predicted octanol–water partition coefficient (Wildman–Crippen LogP) is 5.37. The van der Waals surface area contributed by atoms with Gasteiger partial charge in [0.1, 0.15) is 16.4 Å². The molecule has 1 aliphatic carbocycles. The van der Waals surface area contributed by atoms with Gasteiger partial charge in [0, 0.05) is 12.7 Å². The standard InChI is InChI=1S/C20H24ClF2N3O/c1-10(2)13-9-11-12(20(13,3)4)7-6-8-14(11)24-19(27)15-16(18(22)23)25-26(5)17(15)21/h6-8,10,13,18H,9H2,1-5H3,(H,24,27). The maximum atomic E-state index is 13.3. The highest BCUT2D eigenvalue weighted by molar-refractivity contribution is 6.33. The number of nitrogens with zero attached hydrogens (tertiary/aromatic N) is 2. The maximum absolute atomic E-state index is 13.3. The molecule has 1 aromatic carbocycles. The van der Waals surface area contributed by atoms with Gasteiger partial charge in [-0.15, -0.1) is 0 Å². The van der Waals surface area contributed by atoms with Crippen molar-refractivity contribution in [2.24, 2.45) is 18.9 Å². The average Bonchev–Trinajstić information content (AvgIpc) is 3.03. The second-order valence-corrected chi connectivity index (χ2v) is 8.40. The van der Waals surface area contributed by atoms with Crippen molar-refractivity contribution < 1.29 is 13.6 Å². The normalized spacial score (nSPS) is 18.2. The highest BCUT2D eigenvalue weighted by atomic mass is 35.5. The smallest absolute Gasteiger partial charge is 0.283 e. The summed E-state index contributed by atoms with van der Waals surface area (Å²) in [5, 5.41) is 6.37. The summed E-state index contributed by atoms with van der Waals surface area (Å²) in [6.07, 6.45) is -2.05. The average molecular weight is 396 g/mol. The maximum Gasteiger partial charge on any atom is 0.283 e. The number of alkyl halides is 2. The van der Waals surface area contributed by atoms with E-state index in [-0.39, 0.29) is 16.1 Å². The van der Waals surface area contributed by atoms with Gasteiger partial charge in [0.2, 0.25) is 0 Å². The summed E-state index contributed by atoms with van der Waals surface area (Å²) in [5.41, 5.74) is 1.99. The van der Waals surface area contributed by atoms with Crippen LogP contribution >= 0.6 is 11.6 Å². The topological polar surface area (TPSA) is 46.9 Å². The molecule has 1 unspecified atom stereocenters. The number of hydrogen-bond acceptors (Lipinski definition) is 2. The molecule has 0 spiro atoms. The van der Waals surface area contributed by atoms with Crippen LogP contribution < -0.4 is 5.32 Å². The second-order valence-electron chi connectivity index (χ2n) is 8.04. The number of fused-ring (bicyclic) bond motifs is 1. The van der Waals surface area contributed by atoms with Crippen LogP contribution in [0, 0.1) is 11.8 Å². The van der Waals surface area contributed by atoms with Gasteiger partial charge < -0.3 is 5.32 Å². The second kappa shape index (κ2) is 6.89. The van der Waals surface area contributed by atoms with Crippen molar-refractivity contribution in [1.29, 1.82) is 0 Å². The van der Waals surface area contributed by atoms with E-state index in [9.17, 15) is 13.6 Å². The van der Waals surface area contributed by atoms with E-state index in [1.54, 1.807) is 0 Å². The highest BCUT2D eigenvalue weighted by Gasteiger charge is 2.42. The molecule has 7 heteroatoms. The minimum Gasteiger partial charge on any atom is -0.322 e. The van der Waals surface area contributed by atoms with Gasteiger partial charge in [-0.25, -0.2) is 8.78 Å². The fourth-order valence-electron chi connectivity index (χ4n) is 4.34. The largest absolute Gasteiger partial charge is 0.322 e. The lowest BCUT2D eigenvalue weighted by atomic mass is 9.73. The Kier molecular flexibility index (Phi) is 5.06. The summed E-state index contributed by atoms with van der Waals surface area (Å²) >= 11 is 6.05. The SMILES string of the molecule is CC(C)C1Cc2c(NC(=O)c3c(C(F)F)nn(C)c3Cl)cccc2C1(C)C. The Morgan fingerprint density at radius 3 is 2.63 bits per heavy atom. The van der Waals surface area contributed by atoms with E-state index in [1.807, 2.05) is 12.1 Å². The molecule has 2 aromatic rings. The fourth-order valence-corrected chi connectivity index (χ4v) is 4.56. The Balaban J connectivity index is 1.99. The lowest BCUT2D eigenvalue weighted by Crippen LogP contribution is -2.28. The fraction of sp³-hybridized carbons (Fsp3) is 0.500. The Hall–Kier alpha value is -1.95. The summed E-state index contributed by atoms with van der Waals surface area (Å²) in [6, 6.07) is 5.77. The van der Waals surface area contributed by atoms with Gasteiger partial charge in [-0.2, -0.15) is 5.10 Å². The van der Waals surface area contributed by atoms with Crippen LogP contribution in [-0.4, -0.2) is 15.7 Å². The molecule has 0 aliphatic heterocycles. The molecule has 0 bridgehead atoms. The zero-order valence-corrected chi connectivity index (χ0v) is 16.9. The first-order valence-corrected chi connectivity index (χ1v) is 9.37. The van der Waals surface area contributed by atoms with Gasteiger partial charge in [-0.05, 0) is 40.9 Å². The summed E-state index contributed by atoms with van der Waals surface area (Å²) in [7, 11) is 1.43. The van der Waals surface area contributed by atoms with Crippen molar-refractivity contribution in [3.05, 3.63) is 45.7 Å². The van der Waals surface area contributed by atoms with Crippen LogP contribution in [0.3, 0.4) is 0 Å². The quantitative estimate of drug-likeness (QED) is 0.756. The number of carbonyl (C=O) groups excluding carboxylic acids is 1. The first-order valence-electron chi connectivity index (χ1n) is 9.00. The molecule has 0 radical (unpaired) electrons. The summed E-state index contributed by atoms with van der Waals surface area (Å²) in [5.74, 6) is 0.251. The lowest BCUT2D eigenvalue weighted by molar-refractivity contribution is 0.101. The Morgan fingerprint density at radius 2 is 2.04 bits per heavy atom. The minimum atomic E-state index is -2.88. The molecule has 1 aromatic heterocycles. The van der Waals surface area contributed by atoms with Crippen LogP contribution in [0.15, 0.2) is 18.2 Å². The van der Waals surface area contributed by atoms with Crippen molar-refractivity contribution in [2.75, 3.05) is 5.32 Å². The number of anilines is 1. The Bertz CT molecular complexity index is 890. The molecule has 1 amide bonds. The van der Waals surface area contributed by atoms with Gasteiger partial charge in [-0.3, -0.25) is 9.48 Å². The van der Waals surface area contributed by atoms with Crippen molar-refractivity contribution in [3.63, 3.8) is 0 Å². The third-order valence-electron chi connectivity index (χ3n) is 5.71. The molecule has 0 fully saturated rings. The van der Waals surface area contributed by atoms with E-state index in [0.29, 0.717) is 17.5 Å². The molecule has 0 saturated heterocycles. The third kappa shape index (κ3) is 3.24. The number of nitrogens with one attached hydrogen (secondary N) is 1. The number of aromatic nitrogens is 2. The van der Waals surface area contributed by atoms with E-state index in [1.165, 1.54) is 12.6 Å². The first kappa shape index (κ1) is 19.8. The van der Waals surface area contributed by atoms with Crippen LogP contribution in [-0.2, 0) is 18.9 Å². The van der Waals surface area contributed by atoms with Crippen LogP contribution in [0.2, 0.25) is 5.15 Å². The number of amides is 1. The number of aryl methyl sites for hydroxylation is 1. The molecular weight excluding hydrogens is 372 g/mol. The van der Waals surface area contributed by atoms with Crippen LogP contribution in [0.1, 0.15) is 61.3 Å². The molecule has 3 rings (SSSR count). The molecule has 1 atom stereocenters. The van der Waals surface area contributed by atoms with E-state index in [4.69, 9.17) is 11.6 Å². The highest BCUT2D eigenvalue weighted by Crippen LogP contribution is 2.48. The van der Waals surface area contributed by atoms with Gasteiger partial charge in [0.05, 0.1) is 0 Å². The molecule has 27 heavy (non-hydrogen) atoms. The van der Waals surface area contributed by atoms with E-state index in [0.717, 1.165) is 16.7 Å². The number of hydrogen-bond donors (Lipinski definition) is 1. The number of benzene rings is 1. The van der Waals surface area contributed by atoms with Gasteiger partial charge in [0.15, 0.2) is 0 Å². The summed E-state index contributed by atoms with van der Waals surface area (Å²) in [6.45, 7) is 8.81. The Morgan fingerprint density at radius 1 is 1.37 bits per heavy atom. The summed E-state index contributed by atoms with van der Waals surface area (Å²) < 4.78 is 27.6. The van der Waals surface area contributed by atoms with E-state index >= 15 is 0 Å². The molecule has 1 heterocycles. The monoisotopic (exact) mass is 395 g/mol. The van der Waals surface area contributed by atoms with Crippen LogP contribution in [0.5, 0.6) is 0 Å². The van der Waals surface area contributed by atoms with Crippen molar-refractivity contribution in [1.82, 2.24) is 9.78 Å². The molecule has 146 valence electrons. The van der Waals surface area contributed by atoms with Gasteiger partial charge in [0.25, 0.3) is 12.3 Å². The molecule has 4 nitrogen and oxygen atoms in total. The molecule has 1 aliphatic rings. The minimum absolute atomic E-state index is 0.0235. The third-order valence-corrected chi connectivity index (χ3v) is 6.15. The van der Waals surface area contributed by atoms with Gasteiger partial charge >= 0.3 is 0 Å². The molecular formula is C20H24ClF2N3O. The Labute approximate surface area is 162 Å². The molecule has 1 N–H and O–H groups in total.